The first kappa shape index (κ1) is 21.1. The molecule has 1 N–H and O–H groups in total. The molecule has 4 aromatic rings. The largest absolute Gasteiger partial charge is 0.340 e. The molecule has 0 aliphatic carbocycles. The molecule has 7 nitrogen and oxygen atoms in total. The molecule has 33 heavy (non-hydrogen) atoms. The first-order valence-electron chi connectivity index (χ1n) is 11.2. The first-order valence-corrected chi connectivity index (χ1v) is 11.2. The van der Waals surface area contributed by atoms with Crippen LogP contribution in [0.25, 0.3) is 16.7 Å². The molecule has 3 heterocycles. The minimum Gasteiger partial charge on any atom is -0.340 e. The summed E-state index contributed by atoms with van der Waals surface area (Å²) in [5.41, 5.74) is 6.41. The molecule has 1 aliphatic rings. The molecule has 1 unspecified atom stereocenters. The van der Waals surface area contributed by atoms with Crippen molar-refractivity contribution in [2.45, 2.75) is 45.6 Å². The molecule has 1 amide bonds. The monoisotopic (exact) mass is 440 g/mol. The Kier molecular flexibility index (Phi) is 4.92. The van der Waals surface area contributed by atoms with Gasteiger partial charge in [-0.15, -0.1) is 0 Å². The minimum absolute atomic E-state index is 0.0468. The average Bonchev–Trinajstić information content (AvgIpc) is 3.51. The number of aryl methyl sites for hydroxylation is 1. The molecule has 0 bridgehead atoms. The van der Waals surface area contributed by atoms with Crippen molar-refractivity contribution in [1.82, 2.24) is 29.9 Å². The van der Waals surface area contributed by atoms with Crippen LogP contribution in [-0.4, -0.2) is 42.3 Å². The zero-order valence-corrected chi connectivity index (χ0v) is 19.5. The fourth-order valence-electron chi connectivity index (χ4n) is 4.40. The molecule has 7 heteroatoms. The quantitative estimate of drug-likeness (QED) is 0.460. The number of amides is 1. The molecule has 1 aliphatic heterocycles. The van der Waals surface area contributed by atoms with E-state index in [1.807, 2.05) is 36.1 Å². The van der Waals surface area contributed by atoms with E-state index in [9.17, 15) is 4.79 Å². The third kappa shape index (κ3) is 3.84. The highest BCUT2D eigenvalue weighted by atomic mass is 16.2. The lowest BCUT2D eigenvalue weighted by molar-refractivity contribution is 0.0732. The number of aromatic amines is 1. The van der Waals surface area contributed by atoms with Crippen LogP contribution < -0.4 is 0 Å². The Labute approximate surface area is 193 Å². The van der Waals surface area contributed by atoms with Crippen molar-refractivity contribution in [3.05, 3.63) is 83.5 Å². The van der Waals surface area contributed by atoms with Gasteiger partial charge in [-0.1, -0.05) is 50.6 Å². The number of nitrogens with zero attached hydrogens (tertiary/aromatic N) is 5. The zero-order valence-electron chi connectivity index (χ0n) is 19.5. The summed E-state index contributed by atoms with van der Waals surface area (Å²) in [5.74, 6) is 0.708. The highest BCUT2D eigenvalue weighted by Crippen LogP contribution is 2.36. The molecule has 2 aromatic heterocycles. The van der Waals surface area contributed by atoms with E-state index in [1.165, 1.54) is 10.4 Å². The van der Waals surface area contributed by atoms with Crippen LogP contribution in [0.15, 0.2) is 60.9 Å². The van der Waals surface area contributed by atoms with Gasteiger partial charge in [-0.2, -0.15) is 15.0 Å². The number of carbonyl (C=O) groups excluding carboxylic acids is 1. The van der Waals surface area contributed by atoms with Crippen LogP contribution in [0.4, 0.5) is 0 Å². The van der Waals surface area contributed by atoms with Gasteiger partial charge in [0.15, 0.2) is 0 Å². The molecule has 2 aromatic carbocycles. The summed E-state index contributed by atoms with van der Waals surface area (Å²) in [6.07, 6.45) is 3.89. The maximum Gasteiger partial charge on any atom is 0.257 e. The number of imidazole rings is 1. The number of H-pyrrole nitrogens is 1. The lowest BCUT2D eigenvalue weighted by atomic mass is 9.87. The number of hydrogen-bond donors (Lipinski definition) is 1. The number of carbonyl (C=O) groups is 1. The third-order valence-corrected chi connectivity index (χ3v) is 6.21. The molecule has 168 valence electrons. The van der Waals surface area contributed by atoms with E-state index in [0.717, 1.165) is 28.0 Å². The summed E-state index contributed by atoms with van der Waals surface area (Å²) in [7, 11) is 0. The molecular weight excluding hydrogens is 412 g/mol. The highest BCUT2D eigenvalue weighted by Gasteiger charge is 2.36. The molecule has 0 radical (unpaired) electrons. The molecule has 0 saturated carbocycles. The number of fused-ring (bicyclic) bond motifs is 1. The lowest BCUT2D eigenvalue weighted by Crippen LogP contribution is -2.32. The van der Waals surface area contributed by atoms with Crippen LogP contribution in [0.2, 0.25) is 0 Å². The van der Waals surface area contributed by atoms with Gasteiger partial charge in [0, 0.05) is 6.54 Å². The fraction of sp³-hybridized carbons (Fsp3) is 0.308. The summed E-state index contributed by atoms with van der Waals surface area (Å²) >= 11 is 0. The second kappa shape index (κ2) is 7.69. The van der Waals surface area contributed by atoms with Crippen LogP contribution in [0.1, 0.15) is 60.5 Å². The van der Waals surface area contributed by atoms with Gasteiger partial charge in [-0.05, 0) is 48.6 Å². The standard InChI is InChI=1S/C26H28N6O/c1-16-6-9-22(32-27-10-11-28-32)19(12-16)25(33)31-15-17(2)13-23(31)24-29-20-8-7-18(26(3,4)5)14-21(20)30-24/h6-12,14,23H,2,13,15H2,1,3-5H3,(H,29,30). The van der Waals surface area contributed by atoms with E-state index >= 15 is 0 Å². The predicted molar refractivity (Wildman–Crippen MR) is 128 cm³/mol. The van der Waals surface area contributed by atoms with E-state index in [1.54, 1.807) is 12.4 Å². The van der Waals surface area contributed by atoms with Gasteiger partial charge in [-0.3, -0.25) is 4.79 Å². The number of likely N-dealkylation sites (tertiary alicyclic amines) is 1. The minimum atomic E-state index is -0.200. The number of rotatable bonds is 3. The van der Waals surface area contributed by atoms with E-state index in [-0.39, 0.29) is 17.4 Å². The Morgan fingerprint density at radius 2 is 1.88 bits per heavy atom. The van der Waals surface area contributed by atoms with Gasteiger partial charge < -0.3 is 9.88 Å². The van der Waals surface area contributed by atoms with Crippen LogP contribution >= 0.6 is 0 Å². The van der Waals surface area contributed by atoms with Crippen molar-refractivity contribution in [2.24, 2.45) is 0 Å². The SMILES string of the molecule is C=C1CC(c2nc3ccc(C(C)(C)C)cc3[nH]2)N(C(=O)c2cc(C)ccc2-n2nccn2)C1. The Bertz CT molecular complexity index is 1360. The van der Waals surface area contributed by atoms with Crippen LogP contribution in [0.5, 0.6) is 0 Å². The van der Waals surface area contributed by atoms with Gasteiger partial charge in [0.25, 0.3) is 5.91 Å². The van der Waals surface area contributed by atoms with Gasteiger partial charge in [-0.25, -0.2) is 4.98 Å². The van der Waals surface area contributed by atoms with Gasteiger partial charge in [0.05, 0.1) is 40.7 Å². The third-order valence-electron chi connectivity index (χ3n) is 6.21. The Morgan fingerprint density at radius 1 is 1.12 bits per heavy atom. The van der Waals surface area contributed by atoms with Gasteiger partial charge in [0.2, 0.25) is 0 Å². The second-order valence-corrected chi connectivity index (χ2v) is 9.85. The maximum atomic E-state index is 13.8. The van der Waals surface area contributed by atoms with Crippen LogP contribution in [0.3, 0.4) is 0 Å². The summed E-state index contributed by atoms with van der Waals surface area (Å²) < 4.78 is 0. The van der Waals surface area contributed by atoms with Crippen molar-refractivity contribution in [3.8, 4) is 5.69 Å². The van der Waals surface area contributed by atoms with Crippen LogP contribution in [-0.2, 0) is 5.41 Å². The fourth-order valence-corrected chi connectivity index (χ4v) is 4.40. The van der Waals surface area contributed by atoms with Crippen molar-refractivity contribution in [2.75, 3.05) is 6.54 Å². The van der Waals surface area contributed by atoms with Gasteiger partial charge >= 0.3 is 0 Å². The second-order valence-electron chi connectivity index (χ2n) is 9.85. The number of aromatic nitrogens is 5. The Hall–Kier alpha value is -3.74. The Morgan fingerprint density at radius 3 is 2.61 bits per heavy atom. The normalized spacial score (nSPS) is 16.7. The van der Waals surface area contributed by atoms with Crippen molar-refractivity contribution < 1.29 is 4.79 Å². The number of hydrogen-bond acceptors (Lipinski definition) is 4. The topological polar surface area (TPSA) is 79.7 Å². The van der Waals surface area contributed by atoms with Gasteiger partial charge in [0.1, 0.15) is 5.82 Å². The number of nitrogens with one attached hydrogen (secondary N) is 1. The molecule has 1 atom stereocenters. The Balaban J connectivity index is 1.54. The first-order chi connectivity index (χ1) is 15.7. The molecular formula is C26H28N6O. The molecule has 5 rings (SSSR count). The smallest absolute Gasteiger partial charge is 0.257 e. The van der Waals surface area contributed by atoms with Crippen LogP contribution in [0, 0.1) is 6.92 Å². The maximum absolute atomic E-state index is 13.8. The average molecular weight is 441 g/mol. The zero-order chi connectivity index (χ0) is 23.3. The van der Waals surface area contributed by atoms with E-state index in [4.69, 9.17) is 4.98 Å². The van der Waals surface area contributed by atoms with Crippen molar-refractivity contribution >= 4 is 16.9 Å². The summed E-state index contributed by atoms with van der Waals surface area (Å²) in [6, 6.07) is 11.9. The molecule has 1 fully saturated rings. The predicted octanol–water partition coefficient (Wildman–Crippen LogP) is 4.89. The van der Waals surface area contributed by atoms with Crippen molar-refractivity contribution in [3.63, 3.8) is 0 Å². The lowest BCUT2D eigenvalue weighted by Gasteiger charge is -2.24. The molecule has 0 spiro atoms. The van der Waals surface area contributed by atoms with E-state index in [2.05, 4.69) is 54.7 Å². The highest BCUT2D eigenvalue weighted by molar-refractivity contribution is 5.98. The summed E-state index contributed by atoms with van der Waals surface area (Å²) in [5, 5.41) is 8.47. The summed E-state index contributed by atoms with van der Waals surface area (Å²) in [6.45, 7) is 13.2. The number of benzene rings is 2. The van der Waals surface area contributed by atoms with Crippen molar-refractivity contribution in [1.29, 1.82) is 0 Å². The van der Waals surface area contributed by atoms with E-state index in [0.29, 0.717) is 24.2 Å². The summed E-state index contributed by atoms with van der Waals surface area (Å²) in [4.78, 5) is 25.5. The van der Waals surface area contributed by atoms with E-state index < -0.39 is 0 Å². The molecule has 1 saturated heterocycles.